The lowest BCUT2D eigenvalue weighted by Gasteiger charge is -2.03. The van der Waals surface area contributed by atoms with E-state index in [-0.39, 0.29) is 23.0 Å². The van der Waals surface area contributed by atoms with Crippen molar-refractivity contribution in [2.24, 2.45) is 10.9 Å². The van der Waals surface area contributed by atoms with Crippen LogP contribution >= 0.6 is 11.3 Å². The van der Waals surface area contributed by atoms with Crippen molar-refractivity contribution in [2.45, 2.75) is 24.0 Å². The zero-order valence-electron chi connectivity index (χ0n) is 9.38. The van der Waals surface area contributed by atoms with Crippen molar-refractivity contribution in [1.29, 1.82) is 0 Å². The molecule has 0 saturated carbocycles. The van der Waals surface area contributed by atoms with E-state index in [4.69, 9.17) is 10.9 Å². The fraction of sp³-hybridized carbons (Fsp3) is 0.444. The minimum atomic E-state index is -3.48. The molecule has 17 heavy (non-hydrogen) atoms. The molecule has 0 radical (unpaired) electrons. The molecule has 0 aliphatic carbocycles. The highest BCUT2D eigenvalue weighted by atomic mass is 32.2. The van der Waals surface area contributed by atoms with Crippen molar-refractivity contribution in [3.05, 3.63) is 17.0 Å². The summed E-state index contributed by atoms with van der Waals surface area (Å²) in [4.78, 5) is 1.02. The summed E-state index contributed by atoms with van der Waals surface area (Å²) in [6.07, 6.45) is 0.978. The molecular formula is C9H15N3O3S2. The summed E-state index contributed by atoms with van der Waals surface area (Å²) in [6.45, 7) is 2.08. The predicted molar refractivity (Wildman–Crippen MR) is 66.9 cm³/mol. The molecule has 1 heterocycles. The van der Waals surface area contributed by atoms with Gasteiger partial charge in [-0.3, -0.25) is 0 Å². The smallest absolute Gasteiger partial charge is 0.250 e. The second-order valence-electron chi connectivity index (χ2n) is 3.31. The van der Waals surface area contributed by atoms with Crippen LogP contribution in [-0.4, -0.2) is 26.0 Å². The Bertz CT molecular complexity index is 493. The summed E-state index contributed by atoms with van der Waals surface area (Å²) in [5.41, 5.74) is 5.23. The van der Waals surface area contributed by atoms with Crippen LogP contribution in [0, 0.1) is 0 Å². The molecule has 0 aliphatic rings. The summed E-state index contributed by atoms with van der Waals surface area (Å²) < 4.78 is 26.2. The van der Waals surface area contributed by atoms with Gasteiger partial charge in [-0.15, -0.1) is 11.3 Å². The van der Waals surface area contributed by atoms with Gasteiger partial charge < -0.3 is 10.9 Å². The standard InChI is InChI=1S/C9H15N3O3S2/c1-2-7-3-4-9(16-7)17(14,15)11-6-5-8(10)12-13/h3-4,11,13H,2,5-6H2,1H3,(H2,10,12). The maximum absolute atomic E-state index is 11.8. The molecule has 0 saturated heterocycles. The Balaban J connectivity index is 2.63. The number of rotatable bonds is 6. The molecule has 0 bridgehead atoms. The van der Waals surface area contributed by atoms with Gasteiger partial charge in [0.15, 0.2) is 0 Å². The number of hydrogen-bond donors (Lipinski definition) is 3. The first kappa shape index (κ1) is 13.9. The van der Waals surface area contributed by atoms with E-state index in [2.05, 4.69) is 9.88 Å². The summed E-state index contributed by atoms with van der Waals surface area (Å²) in [6, 6.07) is 3.37. The van der Waals surface area contributed by atoms with Gasteiger partial charge in [0.2, 0.25) is 10.0 Å². The molecule has 0 unspecified atom stereocenters. The van der Waals surface area contributed by atoms with Crippen LogP contribution in [0.4, 0.5) is 0 Å². The average molecular weight is 277 g/mol. The van der Waals surface area contributed by atoms with Crippen LogP contribution in [0.5, 0.6) is 0 Å². The highest BCUT2D eigenvalue weighted by Gasteiger charge is 2.15. The first-order valence-corrected chi connectivity index (χ1v) is 7.34. The van der Waals surface area contributed by atoms with E-state index in [0.29, 0.717) is 0 Å². The van der Waals surface area contributed by atoms with Crippen LogP contribution in [0.2, 0.25) is 0 Å². The van der Waals surface area contributed by atoms with Crippen molar-refractivity contribution in [1.82, 2.24) is 4.72 Å². The van der Waals surface area contributed by atoms with Crippen molar-refractivity contribution in [2.75, 3.05) is 6.54 Å². The van der Waals surface area contributed by atoms with Crippen LogP contribution in [0.3, 0.4) is 0 Å². The lowest BCUT2D eigenvalue weighted by Crippen LogP contribution is -2.27. The number of sulfonamides is 1. The molecule has 1 aromatic heterocycles. The van der Waals surface area contributed by atoms with Gasteiger partial charge in [-0.1, -0.05) is 12.1 Å². The molecule has 1 rings (SSSR count). The van der Waals surface area contributed by atoms with Crippen molar-refractivity contribution >= 4 is 27.2 Å². The highest BCUT2D eigenvalue weighted by Crippen LogP contribution is 2.21. The number of aryl methyl sites for hydroxylation is 1. The fourth-order valence-corrected chi connectivity index (χ4v) is 3.50. The average Bonchev–Trinajstić information content (AvgIpc) is 2.77. The first-order valence-electron chi connectivity index (χ1n) is 5.04. The molecule has 0 aromatic carbocycles. The number of amidine groups is 1. The molecule has 1 aromatic rings. The zero-order chi connectivity index (χ0) is 12.9. The normalized spacial score (nSPS) is 12.9. The van der Waals surface area contributed by atoms with Crippen LogP contribution < -0.4 is 10.5 Å². The van der Waals surface area contributed by atoms with Gasteiger partial charge in [-0.2, -0.15) is 0 Å². The van der Waals surface area contributed by atoms with E-state index in [1.165, 1.54) is 11.3 Å². The lowest BCUT2D eigenvalue weighted by atomic mass is 10.4. The molecule has 96 valence electrons. The van der Waals surface area contributed by atoms with Gasteiger partial charge in [0, 0.05) is 17.8 Å². The number of oxime groups is 1. The maximum atomic E-state index is 11.8. The zero-order valence-corrected chi connectivity index (χ0v) is 11.0. The van der Waals surface area contributed by atoms with E-state index in [1.54, 1.807) is 12.1 Å². The van der Waals surface area contributed by atoms with Gasteiger partial charge in [-0.25, -0.2) is 13.1 Å². The molecule has 8 heteroatoms. The Hall–Kier alpha value is -1.12. The van der Waals surface area contributed by atoms with Crippen molar-refractivity contribution < 1.29 is 13.6 Å². The van der Waals surface area contributed by atoms with Gasteiger partial charge >= 0.3 is 0 Å². The Kier molecular flexibility index (Phi) is 4.91. The van der Waals surface area contributed by atoms with Crippen LogP contribution in [0.15, 0.2) is 21.5 Å². The topological polar surface area (TPSA) is 105 Å². The molecule has 0 atom stereocenters. The Labute approximate surface area is 104 Å². The van der Waals surface area contributed by atoms with E-state index in [0.717, 1.165) is 11.3 Å². The van der Waals surface area contributed by atoms with Crippen LogP contribution in [0.1, 0.15) is 18.2 Å². The second kappa shape index (κ2) is 5.99. The van der Waals surface area contributed by atoms with Gasteiger partial charge in [0.1, 0.15) is 10.0 Å². The molecule has 6 nitrogen and oxygen atoms in total. The van der Waals surface area contributed by atoms with E-state index < -0.39 is 10.0 Å². The minimum absolute atomic E-state index is 0.00636. The number of nitrogens with two attached hydrogens (primary N) is 1. The van der Waals surface area contributed by atoms with Gasteiger partial charge in [-0.05, 0) is 18.6 Å². The minimum Gasteiger partial charge on any atom is -0.409 e. The maximum Gasteiger partial charge on any atom is 0.250 e. The van der Waals surface area contributed by atoms with Crippen LogP contribution in [0.25, 0.3) is 0 Å². The summed E-state index contributed by atoms with van der Waals surface area (Å²) in [7, 11) is -3.48. The van der Waals surface area contributed by atoms with Crippen molar-refractivity contribution in [3.63, 3.8) is 0 Å². The predicted octanol–water partition coefficient (Wildman–Crippen LogP) is 0.725. The Morgan fingerprint density at radius 1 is 1.59 bits per heavy atom. The van der Waals surface area contributed by atoms with Gasteiger partial charge in [0.25, 0.3) is 0 Å². The Morgan fingerprint density at radius 3 is 2.82 bits per heavy atom. The third-order valence-corrected chi connectivity index (χ3v) is 5.23. The number of nitrogens with zero attached hydrogens (tertiary/aromatic N) is 1. The SMILES string of the molecule is CCc1ccc(S(=O)(=O)NCCC(N)=NO)s1. The fourth-order valence-electron chi connectivity index (χ4n) is 1.13. The van der Waals surface area contributed by atoms with Crippen molar-refractivity contribution in [3.8, 4) is 0 Å². The van der Waals surface area contributed by atoms with E-state index in [1.807, 2.05) is 6.92 Å². The number of nitrogens with one attached hydrogen (secondary N) is 1. The third-order valence-electron chi connectivity index (χ3n) is 2.05. The van der Waals surface area contributed by atoms with Gasteiger partial charge in [0.05, 0.1) is 0 Å². The Morgan fingerprint density at radius 2 is 2.29 bits per heavy atom. The number of hydrogen-bond acceptors (Lipinski definition) is 5. The molecule has 0 fully saturated rings. The van der Waals surface area contributed by atoms with Crippen LogP contribution in [-0.2, 0) is 16.4 Å². The summed E-state index contributed by atoms with van der Waals surface area (Å²) >= 11 is 1.24. The highest BCUT2D eigenvalue weighted by molar-refractivity contribution is 7.91. The first-order chi connectivity index (χ1) is 7.99. The molecule has 0 amide bonds. The quantitative estimate of drug-likeness (QED) is 0.308. The molecule has 0 aliphatic heterocycles. The van der Waals surface area contributed by atoms with E-state index in [9.17, 15) is 8.42 Å². The molecule has 0 spiro atoms. The summed E-state index contributed by atoms with van der Waals surface area (Å²) in [5.74, 6) is -0.00636. The third kappa shape index (κ3) is 3.99. The number of thiophene rings is 1. The summed E-state index contributed by atoms with van der Waals surface area (Å²) in [5, 5.41) is 11.1. The molecular weight excluding hydrogens is 262 g/mol. The second-order valence-corrected chi connectivity index (χ2v) is 6.48. The lowest BCUT2D eigenvalue weighted by molar-refractivity contribution is 0.317. The monoisotopic (exact) mass is 277 g/mol. The largest absolute Gasteiger partial charge is 0.409 e. The molecule has 4 N–H and O–H groups in total. The van der Waals surface area contributed by atoms with E-state index >= 15 is 0 Å².